The second-order valence-corrected chi connectivity index (χ2v) is 5.88. The fourth-order valence-corrected chi connectivity index (χ4v) is 3.00. The van der Waals surface area contributed by atoms with Crippen molar-refractivity contribution < 1.29 is 13.2 Å². The number of methoxy groups -OCH3 is 1. The molecular formula is C10H17N3O3S. The van der Waals surface area contributed by atoms with Gasteiger partial charge < -0.3 is 9.72 Å². The molecule has 0 bridgehead atoms. The van der Waals surface area contributed by atoms with Crippen LogP contribution in [0.5, 0.6) is 0 Å². The lowest BCUT2D eigenvalue weighted by Crippen LogP contribution is -2.47. The molecule has 96 valence electrons. The van der Waals surface area contributed by atoms with E-state index in [-0.39, 0.29) is 17.2 Å². The third-order valence-electron chi connectivity index (χ3n) is 2.98. The molecule has 2 N–H and O–H groups in total. The minimum absolute atomic E-state index is 0.0293. The lowest BCUT2D eigenvalue weighted by atomic mass is 9.90. The maximum Gasteiger partial charge on any atom is 0.257 e. The Labute approximate surface area is 101 Å². The molecule has 0 unspecified atom stereocenters. The molecule has 0 aliphatic heterocycles. The molecule has 6 nitrogen and oxygen atoms in total. The van der Waals surface area contributed by atoms with E-state index in [1.807, 2.05) is 6.92 Å². The molecule has 1 aliphatic rings. The van der Waals surface area contributed by atoms with E-state index < -0.39 is 10.0 Å². The summed E-state index contributed by atoms with van der Waals surface area (Å²) in [6.07, 6.45) is 3.67. The highest BCUT2D eigenvalue weighted by Gasteiger charge is 2.33. The number of ether oxygens (including phenoxy) is 1. The Morgan fingerprint density at radius 2 is 2.29 bits per heavy atom. The maximum absolute atomic E-state index is 11.9. The zero-order valence-electron chi connectivity index (χ0n) is 9.93. The van der Waals surface area contributed by atoms with E-state index in [2.05, 4.69) is 14.7 Å². The van der Waals surface area contributed by atoms with Crippen LogP contribution < -0.4 is 4.72 Å². The second-order valence-electron chi connectivity index (χ2n) is 4.20. The summed E-state index contributed by atoms with van der Waals surface area (Å²) in [5.41, 5.74) is 0. The summed E-state index contributed by atoms with van der Waals surface area (Å²) in [5.74, 6) is 0.675. The van der Waals surface area contributed by atoms with Gasteiger partial charge in [-0.05, 0) is 12.8 Å². The van der Waals surface area contributed by atoms with Gasteiger partial charge in [-0.2, -0.15) is 0 Å². The number of rotatable bonds is 5. The van der Waals surface area contributed by atoms with E-state index in [0.29, 0.717) is 12.2 Å². The number of aryl methyl sites for hydroxylation is 1. The van der Waals surface area contributed by atoms with Crippen molar-refractivity contribution in [3.63, 3.8) is 0 Å². The van der Waals surface area contributed by atoms with Crippen LogP contribution in [0.25, 0.3) is 0 Å². The monoisotopic (exact) mass is 259 g/mol. The Morgan fingerprint density at radius 3 is 2.82 bits per heavy atom. The zero-order valence-corrected chi connectivity index (χ0v) is 10.8. The number of aromatic amines is 1. The summed E-state index contributed by atoms with van der Waals surface area (Å²) >= 11 is 0. The van der Waals surface area contributed by atoms with Crippen LogP contribution in [0, 0.1) is 0 Å². The number of aromatic nitrogens is 2. The van der Waals surface area contributed by atoms with Gasteiger partial charge in [-0.25, -0.2) is 18.1 Å². The third kappa shape index (κ3) is 2.67. The van der Waals surface area contributed by atoms with Crippen LogP contribution in [-0.4, -0.2) is 37.6 Å². The first-order chi connectivity index (χ1) is 8.05. The van der Waals surface area contributed by atoms with Crippen LogP contribution in [0.3, 0.4) is 0 Å². The van der Waals surface area contributed by atoms with Gasteiger partial charge in [0, 0.05) is 19.6 Å². The normalized spacial score (nSPS) is 24.6. The predicted octanol–water partition coefficient (Wildman–Crippen LogP) is 0.428. The molecule has 0 radical (unpaired) electrons. The quantitative estimate of drug-likeness (QED) is 0.803. The number of H-pyrrole nitrogens is 1. The molecule has 1 aromatic rings. The third-order valence-corrected chi connectivity index (χ3v) is 4.41. The van der Waals surface area contributed by atoms with E-state index in [0.717, 1.165) is 12.8 Å². The Morgan fingerprint density at radius 1 is 1.59 bits per heavy atom. The van der Waals surface area contributed by atoms with Gasteiger partial charge >= 0.3 is 0 Å². The lowest BCUT2D eigenvalue weighted by Gasteiger charge is -2.34. The van der Waals surface area contributed by atoms with Crippen LogP contribution in [-0.2, 0) is 21.2 Å². The van der Waals surface area contributed by atoms with Crippen LogP contribution in [0.2, 0.25) is 0 Å². The van der Waals surface area contributed by atoms with Crippen molar-refractivity contribution in [1.29, 1.82) is 0 Å². The minimum Gasteiger partial charge on any atom is -0.381 e. The summed E-state index contributed by atoms with van der Waals surface area (Å²) < 4.78 is 31.6. The van der Waals surface area contributed by atoms with E-state index in [4.69, 9.17) is 4.74 Å². The SMILES string of the molecule is CCc1ncc(S(=O)(=O)NC2CC(OC)C2)[nH]1. The molecule has 17 heavy (non-hydrogen) atoms. The molecule has 1 fully saturated rings. The minimum atomic E-state index is -3.46. The first-order valence-electron chi connectivity index (χ1n) is 5.64. The lowest BCUT2D eigenvalue weighted by molar-refractivity contribution is 0.0236. The van der Waals surface area contributed by atoms with Crippen molar-refractivity contribution in [3.8, 4) is 0 Å². The highest BCUT2D eigenvalue weighted by molar-refractivity contribution is 7.89. The molecule has 7 heteroatoms. The van der Waals surface area contributed by atoms with Gasteiger partial charge in [0.1, 0.15) is 5.82 Å². The summed E-state index contributed by atoms with van der Waals surface area (Å²) in [4.78, 5) is 6.77. The highest BCUT2D eigenvalue weighted by Crippen LogP contribution is 2.24. The van der Waals surface area contributed by atoms with E-state index >= 15 is 0 Å². The zero-order chi connectivity index (χ0) is 12.5. The molecule has 2 rings (SSSR count). The van der Waals surface area contributed by atoms with Crippen molar-refractivity contribution in [2.75, 3.05) is 7.11 Å². The summed E-state index contributed by atoms with van der Waals surface area (Å²) in [7, 11) is -1.83. The molecule has 0 atom stereocenters. The van der Waals surface area contributed by atoms with Crippen LogP contribution in [0.1, 0.15) is 25.6 Å². The van der Waals surface area contributed by atoms with Crippen molar-refractivity contribution in [2.45, 2.75) is 43.4 Å². The molecule has 1 aromatic heterocycles. The van der Waals surface area contributed by atoms with Crippen molar-refractivity contribution >= 4 is 10.0 Å². The Balaban J connectivity index is 1.99. The highest BCUT2D eigenvalue weighted by atomic mass is 32.2. The van der Waals surface area contributed by atoms with Gasteiger partial charge in [0.05, 0.1) is 12.3 Å². The molecule has 0 saturated heterocycles. The summed E-state index contributed by atoms with van der Waals surface area (Å²) in [6, 6.07) is -0.0293. The molecule has 1 aliphatic carbocycles. The van der Waals surface area contributed by atoms with Crippen molar-refractivity contribution in [3.05, 3.63) is 12.0 Å². The van der Waals surface area contributed by atoms with E-state index in [1.54, 1.807) is 7.11 Å². The number of hydrogen-bond donors (Lipinski definition) is 2. The average Bonchev–Trinajstić information content (AvgIpc) is 2.71. The number of nitrogens with zero attached hydrogens (tertiary/aromatic N) is 1. The summed E-state index contributed by atoms with van der Waals surface area (Å²) in [5, 5.41) is 0.134. The fraction of sp³-hybridized carbons (Fsp3) is 0.700. The van der Waals surface area contributed by atoms with E-state index in [9.17, 15) is 8.42 Å². The van der Waals surface area contributed by atoms with Crippen molar-refractivity contribution in [1.82, 2.24) is 14.7 Å². The number of hydrogen-bond acceptors (Lipinski definition) is 4. The molecular weight excluding hydrogens is 242 g/mol. The first kappa shape index (κ1) is 12.5. The van der Waals surface area contributed by atoms with E-state index in [1.165, 1.54) is 6.20 Å². The fourth-order valence-electron chi connectivity index (χ4n) is 1.80. The first-order valence-corrected chi connectivity index (χ1v) is 7.12. The van der Waals surface area contributed by atoms with Gasteiger partial charge in [-0.1, -0.05) is 6.92 Å². The Bertz CT molecular complexity index is 477. The van der Waals surface area contributed by atoms with Gasteiger partial charge in [-0.3, -0.25) is 0 Å². The largest absolute Gasteiger partial charge is 0.381 e. The Kier molecular flexibility index (Phi) is 3.50. The molecule has 0 spiro atoms. The number of sulfonamides is 1. The van der Waals surface area contributed by atoms with Crippen LogP contribution in [0.15, 0.2) is 11.2 Å². The van der Waals surface area contributed by atoms with Gasteiger partial charge in [0.2, 0.25) is 0 Å². The van der Waals surface area contributed by atoms with Gasteiger partial charge in [-0.15, -0.1) is 0 Å². The van der Waals surface area contributed by atoms with Gasteiger partial charge in [0.15, 0.2) is 5.03 Å². The summed E-state index contributed by atoms with van der Waals surface area (Å²) in [6.45, 7) is 1.91. The molecule has 0 aromatic carbocycles. The maximum atomic E-state index is 11.9. The van der Waals surface area contributed by atoms with Crippen LogP contribution >= 0.6 is 0 Å². The van der Waals surface area contributed by atoms with Crippen molar-refractivity contribution in [2.24, 2.45) is 0 Å². The second kappa shape index (κ2) is 4.75. The topological polar surface area (TPSA) is 84.1 Å². The smallest absolute Gasteiger partial charge is 0.257 e. The average molecular weight is 259 g/mol. The number of imidazole rings is 1. The Hall–Kier alpha value is -0.920. The number of nitrogens with one attached hydrogen (secondary N) is 2. The molecule has 1 heterocycles. The predicted molar refractivity (Wildman–Crippen MR) is 62.1 cm³/mol. The standard InChI is InChI=1S/C10H17N3O3S/c1-3-9-11-6-10(12-9)17(14,15)13-7-4-8(5-7)16-2/h6-8,13H,3-5H2,1-2H3,(H,11,12). The van der Waals surface area contributed by atoms with Crippen LogP contribution in [0.4, 0.5) is 0 Å². The molecule has 1 saturated carbocycles. The molecule has 0 amide bonds. The van der Waals surface area contributed by atoms with Gasteiger partial charge in [0.25, 0.3) is 10.0 Å².